The van der Waals surface area contributed by atoms with Gasteiger partial charge >= 0.3 is 5.97 Å². The number of hydrogen-bond acceptors (Lipinski definition) is 4. The van der Waals surface area contributed by atoms with Crippen LogP contribution in [0, 0.1) is 0 Å². The zero-order valence-corrected chi connectivity index (χ0v) is 7.92. The molecule has 0 aliphatic rings. The van der Waals surface area contributed by atoms with E-state index < -0.39 is 5.97 Å². The molecule has 0 saturated heterocycles. The van der Waals surface area contributed by atoms with Crippen molar-refractivity contribution in [3.8, 4) is 0 Å². The molecule has 0 radical (unpaired) electrons. The number of aryl methyl sites for hydroxylation is 1. The largest absolute Gasteiger partial charge is 0.481 e. The summed E-state index contributed by atoms with van der Waals surface area (Å²) in [6.07, 6.45) is 5.29. The van der Waals surface area contributed by atoms with E-state index in [0.29, 0.717) is 17.8 Å². The van der Waals surface area contributed by atoms with Crippen LogP contribution in [0.5, 0.6) is 0 Å². The number of nitrogen functional groups attached to an aromatic ring is 1. The molecule has 2 rings (SSSR count). The van der Waals surface area contributed by atoms with Crippen LogP contribution in [0.2, 0.25) is 0 Å². The second kappa shape index (κ2) is 3.56. The van der Waals surface area contributed by atoms with Crippen molar-refractivity contribution in [2.45, 2.75) is 12.8 Å². The lowest BCUT2D eigenvalue weighted by Gasteiger charge is -1.97. The van der Waals surface area contributed by atoms with Crippen LogP contribution in [0.4, 0.5) is 5.69 Å². The fourth-order valence-electron chi connectivity index (χ4n) is 1.36. The summed E-state index contributed by atoms with van der Waals surface area (Å²) in [5, 5.41) is 12.6. The molecule has 0 unspecified atom stereocenters. The summed E-state index contributed by atoms with van der Waals surface area (Å²) in [5.74, 6) is -0.829. The molecule has 0 saturated carbocycles. The number of nitrogens with two attached hydrogens (primary N) is 1. The van der Waals surface area contributed by atoms with Crippen LogP contribution >= 0.6 is 0 Å². The first kappa shape index (κ1) is 9.45. The van der Waals surface area contributed by atoms with Crippen LogP contribution in [0.15, 0.2) is 18.6 Å². The van der Waals surface area contributed by atoms with E-state index in [2.05, 4.69) is 10.1 Å². The smallest absolute Gasteiger partial charge is 0.303 e. The van der Waals surface area contributed by atoms with Crippen molar-refractivity contribution in [2.75, 3.05) is 5.73 Å². The molecule has 0 atom stereocenters. The van der Waals surface area contributed by atoms with Gasteiger partial charge in [0.15, 0.2) is 5.65 Å². The molecule has 2 aromatic heterocycles. The van der Waals surface area contributed by atoms with E-state index in [1.807, 2.05) is 0 Å². The number of carbonyl (C=O) groups is 1. The summed E-state index contributed by atoms with van der Waals surface area (Å²) in [6, 6.07) is 0. The molecule has 3 N–H and O–H groups in total. The third kappa shape index (κ3) is 1.88. The first-order chi connectivity index (χ1) is 7.16. The van der Waals surface area contributed by atoms with Crippen LogP contribution < -0.4 is 5.73 Å². The predicted molar refractivity (Wildman–Crippen MR) is 53.4 cm³/mol. The summed E-state index contributed by atoms with van der Waals surface area (Å²) in [5.41, 5.74) is 7.54. The van der Waals surface area contributed by atoms with Crippen molar-refractivity contribution in [3.05, 3.63) is 24.2 Å². The highest BCUT2D eigenvalue weighted by Crippen LogP contribution is 2.11. The molecule has 2 aromatic rings. The molecule has 0 aromatic carbocycles. The molecule has 6 heteroatoms. The maximum atomic E-state index is 10.4. The molecule has 78 valence electrons. The van der Waals surface area contributed by atoms with Crippen LogP contribution in [-0.2, 0) is 11.2 Å². The molecule has 0 amide bonds. The second-order valence-corrected chi connectivity index (χ2v) is 3.22. The quantitative estimate of drug-likeness (QED) is 0.754. The Bertz CT molecular complexity index is 506. The van der Waals surface area contributed by atoms with Crippen LogP contribution in [-0.4, -0.2) is 25.7 Å². The first-order valence-electron chi connectivity index (χ1n) is 4.46. The lowest BCUT2D eigenvalue weighted by atomic mass is 10.2. The number of fused-ring (bicyclic) bond motifs is 1. The average Bonchev–Trinajstić information content (AvgIpc) is 2.57. The minimum atomic E-state index is -0.829. The number of carboxylic acids is 1. The second-order valence-electron chi connectivity index (χ2n) is 3.22. The summed E-state index contributed by atoms with van der Waals surface area (Å²) in [6.45, 7) is 0. The van der Waals surface area contributed by atoms with E-state index in [4.69, 9.17) is 10.8 Å². The minimum absolute atomic E-state index is 0.0768. The summed E-state index contributed by atoms with van der Waals surface area (Å²) in [7, 11) is 0. The van der Waals surface area contributed by atoms with Crippen molar-refractivity contribution < 1.29 is 9.90 Å². The van der Waals surface area contributed by atoms with Gasteiger partial charge in [0, 0.05) is 12.0 Å². The SMILES string of the molecule is Nc1cnc2c(CCC(=O)O)cnn2c1. The van der Waals surface area contributed by atoms with E-state index in [-0.39, 0.29) is 6.42 Å². The predicted octanol–water partition coefficient (Wildman–Crippen LogP) is 0.329. The van der Waals surface area contributed by atoms with Crippen molar-refractivity contribution >= 4 is 17.3 Å². The Morgan fingerprint density at radius 3 is 3.07 bits per heavy atom. The zero-order chi connectivity index (χ0) is 10.8. The van der Waals surface area contributed by atoms with E-state index in [1.165, 1.54) is 6.20 Å². The highest BCUT2D eigenvalue weighted by Gasteiger charge is 2.07. The van der Waals surface area contributed by atoms with E-state index in [9.17, 15) is 4.79 Å². The topological polar surface area (TPSA) is 93.5 Å². The van der Waals surface area contributed by atoms with Gasteiger partial charge in [-0.3, -0.25) is 4.79 Å². The number of rotatable bonds is 3. The van der Waals surface area contributed by atoms with Gasteiger partial charge in [-0.1, -0.05) is 0 Å². The van der Waals surface area contributed by atoms with E-state index >= 15 is 0 Å². The van der Waals surface area contributed by atoms with Gasteiger partial charge in [-0.25, -0.2) is 9.50 Å². The van der Waals surface area contributed by atoms with Gasteiger partial charge < -0.3 is 10.8 Å². The monoisotopic (exact) mass is 206 g/mol. The molecule has 0 spiro atoms. The van der Waals surface area contributed by atoms with E-state index in [0.717, 1.165) is 5.56 Å². The number of anilines is 1. The lowest BCUT2D eigenvalue weighted by molar-refractivity contribution is -0.136. The van der Waals surface area contributed by atoms with Gasteiger partial charge in [-0.15, -0.1) is 0 Å². The lowest BCUT2D eigenvalue weighted by Crippen LogP contribution is -1.98. The van der Waals surface area contributed by atoms with Gasteiger partial charge in [0.25, 0.3) is 0 Å². The average molecular weight is 206 g/mol. The molecule has 0 aliphatic heterocycles. The van der Waals surface area contributed by atoms with Gasteiger partial charge in [0.05, 0.1) is 24.3 Å². The fourth-order valence-corrected chi connectivity index (χ4v) is 1.36. The number of nitrogens with zero attached hydrogens (tertiary/aromatic N) is 3. The maximum absolute atomic E-state index is 10.4. The molecule has 6 nitrogen and oxygen atoms in total. The highest BCUT2D eigenvalue weighted by molar-refractivity contribution is 5.67. The number of carboxylic acid groups (broad SMARTS) is 1. The summed E-state index contributed by atoms with van der Waals surface area (Å²) in [4.78, 5) is 14.5. The van der Waals surface area contributed by atoms with Crippen LogP contribution in [0.25, 0.3) is 5.65 Å². The van der Waals surface area contributed by atoms with Gasteiger partial charge in [-0.05, 0) is 6.42 Å². The summed E-state index contributed by atoms with van der Waals surface area (Å²) < 4.78 is 1.55. The van der Waals surface area contributed by atoms with Crippen molar-refractivity contribution in [1.29, 1.82) is 0 Å². The highest BCUT2D eigenvalue weighted by atomic mass is 16.4. The molecule has 2 heterocycles. The van der Waals surface area contributed by atoms with Crippen molar-refractivity contribution in [1.82, 2.24) is 14.6 Å². The van der Waals surface area contributed by atoms with Crippen LogP contribution in [0.1, 0.15) is 12.0 Å². The van der Waals surface area contributed by atoms with Crippen molar-refractivity contribution in [3.63, 3.8) is 0 Å². The Labute approximate surface area is 85.3 Å². The van der Waals surface area contributed by atoms with Gasteiger partial charge in [0.1, 0.15) is 0 Å². The number of hydrogen-bond donors (Lipinski definition) is 2. The normalized spacial score (nSPS) is 10.7. The first-order valence-corrected chi connectivity index (χ1v) is 4.46. The van der Waals surface area contributed by atoms with Crippen LogP contribution in [0.3, 0.4) is 0 Å². The standard InChI is InChI=1S/C9H10N4O2/c10-7-4-11-9-6(1-2-8(14)15)3-12-13(9)5-7/h3-5H,1-2,10H2,(H,14,15). The number of aliphatic carboxylic acids is 1. The number of aromatic nitrogens is 3. The Hall–Kier alpha value is -2.11. The van der Waals surface area contributed by atoms with Crippen molar-refractivity contribution in [2.24, 2.45) is 0 Å². The molecule has 0 bridgehead atoms. The Kier molecular flexibility index (Phi) is 2.24. The molecular formula is C9H10N4O2. The fraction of sp³-hybridized carbons (Fsp3) is 0.222. The minimum Gasteiger partial charge on any atom is -0.481 e. The molecule has 15 heavy (non-hydrogen) atoms. The van der Waals surface area contributed by atoms with Gasteiger partial charge in [-0.2, -0.15) is 5.10 Å². The van der Waals surface area contributed by atoms with Gasteiger partial charge in [0.2, 0.25) is 0 Å². The Balaban J connectivity index is 2.32. The third-order valence-electron chi connectivity index (χ3n) is 2.06. The molecular weight excluding hydrogens is 196 g/mol. The van der Waals surface area contributed by atoms with E-state index in [1.54, 1.807) is 16.9 Å². The summed E-state index contributed by atoms with van der Waals surface area (Å²) >= 11 is 0. The zero-order valence-electron chi connectivity index (χ0n) is 7.92. The molecule has 0 aliphatic carbocycles. The molecule has 0 fully saturated rings. The third-order valence-corrected chi connectivity index (χ3v) is 2.06. The Morgan fingerprint density at radius 1 is 1.53 bits per heavy atom. The maximum Gasteiger partial charge on any atom is 0.303 e. The Morgan fingerprint density at radius 2 is 2.33 bits per heavy atom.